The van der Waals surface area contributed by atoms with Gasteiger partial charge in [0, 0.05) is 22.7 Å². The van der Waals surface area contributed by atoms with Crippen molar-refractivity contribution in [3.63, 3.8) is 0 Å². The Morgan fingerprint density at radius 3 is 2.60 bits per heavy atom. The predicted molar refractivity (Wildman–Crippen MR) is 82.1 cm³/mol. The minimum Gasteiger partial charge on any atom is -0.483 e. The van der Waals surface area contributed by atoms with Gasteiger partial charge in [0.05, 0.1) is 0 Å². The fourth-order valence-electron chi connectivity index (χ4n) is 1.91. The van der Waals surface area contributed by atoms with Gasteiger partial charge in [-0.2, -0.15) is 0 Å². The van der Waals surface area contributed by atoms with Gasteiger partial charge in [0.25, 0.3) is 5.91 Å². The van der Waals surface area contributed by atoms with Crippen LogP contribution in [0.1, 0.15) is 45.2 Å². The third-order valence-corrected chi connectivity index (χ3v) is 3.41. The number of amides is 1. The van der Waals surface area contributed by atoms with Crippen molar-refractivity contribution in [2.24, 2.45) is 5.73 Å². The van der Waals surface area contributed by atoms with E-state index in [0.29, 0.717) is 10.8 Å². The van der Waals surface area contributed by atoms with Gasteiger partial charge in [-0.05, 0) is 38.0 Å². The summed E-state index contributed by atoms with van der Waals surface area (Å²) in [6.45, 7) is 5.92. The Balaban J connectivity index is 2.63. The Morgan fingerprint density at radius 2 is 2.05 bits per heavy atom. The summed E-state index contributed by atoms with van der Waals surface area (Å²) < 4.78 is 5.55. The molecule has 0 unspecified atom stereocenters. The number of ether oxygens (including phenoxy) is 1. The monoisotopic (exact) mass is 298 g/mol. The Labute approximate surface area is 125 Å². The van der Waals surface area contributed by atoms with Crippen molar-refractivity contribution in [2.45, 2.75) is 45.7 Å². The molecule has 0 saturated carbocycles. The fraction of sp³-hybridized carbons (Fsp3) is 0.533. The quantitative estimate of drug-likeness (QED) is 0.813. The van der Waals surface area contributed by atoms with Crippen LogP contribution < -0.4 is 15.8 Å². The topological polar surface area (TPSA) is 64.3 Å². The molecule has 0 aromatic heterocycles. The molecule has 0 bridgehead atoms. The van der Waals surface area contributed by atoms with Gasteiger partial charge in [-0.3, -0.25) is 4.79 Å². The maximum atomic E-state index is 11.8. The highest BCUT2D eigenvalue weighted by atomic mass is 35.5. The molecule has 1 atom stereocenters. The molecule has 3 N–H and O–H groups in total. The number of carbonyl (C=O) groups is 1. The Morgan fingerprint density at radius 1 is 1.40 bits per heavy atom. The molecular formula is C15H23ClN2O2. The zero-order chi connectivity index (χ0) is 15.1. The first kappa shape index (κ1) is 16.8. The van der Waals surface area contributed by atoms with E-state index in [9.17, 15) is 4.79 Å². The normalized spacial score (nSPS) is 12.3. The molecule has 0 aliphatic heterocycles. The Hall–Kier alpha value is -1.26. The molecule has 5 heteroatoms. The van der Waals surface area contributed by atoms with E-state index in [2.05, 4.69) is 5.32 Å². The second-order valence-electron chi connectivity index (χ2n) is 4.84. The summed E-state index contributed by atoms with van der Waals surface area (Å²) in [4.78, 5) is 11.8. The fourth-order valence-corrected chi connectivity index (χ4v) is 2.09. The molecule has 0 radical (unpaired) electrons. The number of carbonyl (C=O) groups excluding carboxylic acids is 1. The molecule has 1 aromatic rings. The third-order valence-electron chi connectivity index (χ3n) is 3.17. The Bertz CT molecular complexity index is 445. The second-order valence-corrected chi connectivity index (χ2v) is 5.28. The van der Waals surface area contributed by atoms with Gasteiger partial charge in [-0.15, -0.1) is 0 Å². The van der Waals surface area contributed by atoms with E-state index in [0.717, 1.165) is 18.4 Å². The largest absolute Gasteiger partial charge is 0.483 e. The maximum Gasteiger partial charge on any atom is 0.258 e. The van der Waals surface area contributed by atoms with Crippen LogP contribution in [-0.4, -0.2) is 18.6 Å². The maximum absolute atomic E-state index is 11.8. The highest BCUT2D eigenvalue weighted by molar-refractivity contribution is 6.30. The number of halogens is 1. The van der Waals surface area contributed by atoms with E-state index in [1.807, 2.05) is 20.8 Å². The lowest BCUT2D eigenvalue weighted by molar-refractivity contribution is -0.123. The first-order valence-electron chi connectivity index (χ1n) is 6.95. The van der Waals surface area contributed by atoms with Crippen LogP contribution in [0.2, 0.25) is 5.02 Å². The molecule has 4 nitrogen and oxygen atoms in total. The van der Waals surface area contributed by atoms with Crippen LogP contribution in [0.4, 0.5) is 0 Å². The van der Waals surface area contributed by atoms with Crippen LogP contribution in [0.15, 0.2) is 18.2 Å². The van der Waals surface area contributed by atoms with Gasteiger partial charge in [-0.25, -0.2) is 0 Å². The summed E-state index contributed by atoms with van der Waals surface area (Å²) in [5.41, 5.74) is 6.67. The molecule has 0 fully saturated rings. The second kappa shape index (κ2) is 8.12. The van der Waals surface area contributed by atoms with Crippen molar-refractivity contribution in [3.05, 3.63) is 28.8 Å². The molecule has 1 aromatic carbocycles. The van der Waals surface area contributed by atoms with Gasteiger partial charge in [0.2, 0.25) is 0 Å². The third kappa shape index (κ3) is 5.02. The van der Waals surface area contributed by atoms with Crippen LogP contribution in [0.5, 0.6) is 5.75 Å². The molecule has 20 heavy (non-hydrogen) atoms. The van der Waals surface area contributed by atoms with E-state index in [1.54, 1.807) is 18.2 Å². The number of nitrogens with two attached hydrogens (primary N) is 1. The highest BCUT2D eigenvalue weighted by Crippen LogP contribution is 2.27. The zero-order valence-corrected chi connectivity index (χ0v) is 13.0. The number of hydrogen-bond acceptors (Lipinski definition) is 3. The lowest BCUT2D eigenvalue weighted by Gasteiger charge is -2.17. The van der Waals surface area contributed by atoms with Crippen LogP contribution in [0.3, 0.4) is 0 Å². The van der Waals surface area contributed by atoms with Gasteiger partial charge >= 0.3 is 0 Å². The van der Waals surface area contributed by atoms with Crippen LogP contribution in [0.25, 0.3) is 0 Å². The number of hydrogen-bond donors (Lipinski definition) is 2. The molecular weight excluding hydrogens is 276 g/mol. The lowest BCUT2D eigenvalue weighted by atomic mass is 10.1. The summed E-state index contributed by atoms with van der Waals surface area (Å²) in [5, 5.41) is 3.53. The average Bonchev–Trinajstić information content (AvgIpc) is 2.43. The van der Waals surface area contributed by atoms with Crippen molar-refractivity contribution in [1.82, 2.24) is 5.32 Å². The summed E-state index contributed by atoms with van der Waals surface area (Å²) in [5.74, 6) is 0.480. The van der Waals surface area contributed by atoms with Gasteiger partial charge in [0.1, 0.15) is 5.75 Å². The minimum atomic E-state index is -0.203. The van der Waals surface area contributed by atoms with Crippen molar-refractivity contribution < 1.29 is 9.53 Å². The van der Waals surface area contributed by atoms with Crippen molar-refractivity contribution in [1.29, 1.82) is 0 Å². The molecule has 112 valence electrons. The van der Waals surface area contributed by atoms with E-state index in [4.69, 9.17) is 22.1 Å². The van der Waals surface area contributed by atoms with Crippen molar-refractivity contribution in [3.8, 4) is 5.75 Å². The molecule has 0 heterocycles. The van der Waals surface area contributed by atoms with Gasteiger partial charge < -0.3 is 15.8 Å². The highest BCUT2D eigenvalue weighted by Gasteiger charge is 2.12. The smallest absolute Gasteiger partial charge is 0.258 e. The van der Waals surface area contributed by atoms with Crippen molar-refractivity contribution >= 4 is 17.5 Å². The lowest BCUT2D eigenvalue weighted by Crippen LogP contribution is -2.37. The molecule has 0 saturated heterocycles. The van der Waals surface area contributed by atoms with E-state index in [1.165, 1.54) is 0 Å². The summed E-state index contributed by atoms with van der Waals surface area (Å²) in [6.07, 6.45) is 1.82. The number of rotatable bonds is 7. The molecule has 0 spiro atoms. The minimum absolute atomic E-state index is 0.0160. The van der Waals surface area contributed by atoms with Crippen molar-refractivity contribution in [2.75, 3.05) is 6.61 Å². The van der Waals surface area contributed by atoms with Crippen LogP contribution in [0, 0.1) is 0 Å². The molecule has 0 aliphatic carbocycles. The summed E-state index contributed by atoms with van der Waals surface area (Å²) in [7, 11) is 0. The van der Waals surface area contributed by atoms with E-state index >= 15 is 0 Å². The number of benzene rings is 1. The van der Waals surface area contributed by atoms with E-state index < -0.39 is 0 Å². The van der Waals surface area contributed by atoms with Crippen LogP contribution in [-0.2, 0) is 4.79 Å². The number of nitrogens with one attached hydrogen (secondary N) is 1. The molecule has 1 amide bonds. The standard InChI is InChI=1S/C15H23ClN2O2/c1-4-12(5-2)18-15(19)9-20-14-7-6-11(16)8-13(14)10(3)17/h6-8,10,12H,4-5,9,17H2,1-3H3,(H,18,19)/t10-/m0/s1. The summed E-state index contributed by atoms with van der Waals surface area (Å²) >= 11 is 5.94. The van der Waals surface area contributed by atoms with Gasteiger partial charge in [-0.1, -0.05) is 25.4 Å². The van der Waals surface area contributed by atoms with E-state index in [-0.39, 0.29) is 24.6 Å². The summed E-state index contributed by atoms with van der Waals surface area (Å²) in [6, 6.07) is 5.22. The Kier molecular flexibility index (Phi) is 6.82. The predicted octanol–water partition coefficient (Wildman–Crippen LogP) is 3.04. The van der Waals surface area contributed by atoms with Gasteiger partial charge in [0.15, 0.2) is 6.61 Å². The molecule has 0 aliphatic rings. The average molecular weight is 299 g/mol. The first-order chi connectivity index (χ1) is 9.47. The zero-order valence-electron chi connectivity index (χ0n) is 12.3. The first-order valence-corrected chi connectivity index (χ1v) is 7.32. The SMILES string of the molecule is CCC(CC)NC(=O)COc1ccc(Cl)cc1[C@H](C)N. The molecule has 1 rings (SSSR count). The van der Waals surface area contributed by atoms with Crippen LogP contribution >= 0.6 is 11.6 Å².